The Bertz CT molecular complexity index is 1250. The SMILES string of the molecule is C=NN(Nc1cc(Cl)ccc1C)c1ccc(S(=O)(=O)N(C)CCS(=O)(=O)O)cc1C(=O)O. The molecule has 0 aromatic heterocycles. The average molecular weight is 505 g/mol. The van der Waals surface area contributed by atoms with E-state index < -0.39 is 44.0 Å². The number of carboxylic acid groups (broad SMARTS) is 1. The normalized spacial score (nSPS) is 11.9. The Morgan fingerprint density at radius 1 is 1.19 bits per heavy atom. The molecular formula is C18H21ClN4O7S2. The zero-order chi connectivity index (χ0) is 24.3. The molecule has 11 nitrogen and oxygen atoms in total. The molecule has 32 heavy (non-hydrogen) atoms. The number of hydrazine groups is 1. The molecule has 0 bridgehead atoms. The zero-order valence-electron chi connectivity index (χ0n) is 17.1. The Balaban J connectivity index is 2.45. The van der Waals surface area contributed by atoms with Gasteiger partial charge in [0, 0.05) is 25.3 Å². The van der Waals surface area contributed by atoms with E-state index in [0.717, 1.165) is 29.9 Å². The van der Waals surface area contributed by atoms with Crippen LogP contribution < -0.4 is 10.5 Å². The van der Waals surface area contributed by atoms with Gasteiger partial charge in [-0.3, -0.25) is 9.98 Å². The first-order chi connectivity index (χ1) is 14.8. The van der Waals surface area contributed by atoms with Gasteiger partial charge in [-0.2, -0.15) is 22.9 Å². The fraction of sp³-hybridized carbons (Fsp3) is 0.222. The summed E-state index contributed by atoms with van der Waals surface area (Å²) in [5.41, 5.74) is 3.75. The summed E-state index contributed by atoms with van der Waals surface area (Å²) in [5.74, 6) is -2.25. The molecule has 0 aliphatic heterocycles. The first kappa shape index (κ1) is 25.5. The Kier molecular flexibility index (Phi) is 7.85. The van der Waals surface area contributed by atoms with Crippen molar-refractivity contribution in [3.8, 4) is 0 Å². The predicted molar refractivity (Wildman–Crippen MR) is 121 cm³/mol. The van der Waals surface area contributed by atoms with Crippen LogP contribution in [0.4, 0.5) is 11.4 Å². The third kappa shape index (κ3) is 6.17. The van der Waals surface area contributed by atoms with E-state index in [0.29, 0.717) is 15.0 Å². The Hall–Kier alpha value is -2.71. The summed E-state index contributed by atoms with van der Waals surface area (Å²) in [7, 11) is -7.52. The van der Waals surface area contributed by atoms with Gasteiger partial charge in [0.2, 0.25) is 10.0 Å². The molecule has 0 heterocycles. The summed E-state index contributed by atoms with van der Waals surface area (Å²) in [5, 5.41) is 14.9. The van der Waals surface area contributed by atoms with Crippen molar-refractivity contribution in [2.45, 2.75) is 11.8 Å². The summed E-state index contributed by atoms with van der Waals surface area (Å²) < 4.78 is 56.8. The van der Waals surface area contributed by atoms with Gasteiger partial charge in [0.15, 0.2) is 0 Å². The third-order valence-corrected chi connectivity index (χ3v) is 7.15. The second kappa shape index (κ2) is 9.83. The molecule has 0 atom stereocenters. The number of rotatable bonds is 10. The third-order valence-electron chi connectivity index (χ3n) is 4.37. The molecule has 2 rings (SSSR count). The van der Waals surface area contributed by atoms with Crippen molar-refractivity contribution < 1.29 is 31.3 Å². The highest BCUT2D eigenvalue weighted by atomic mass is 35.5. The molecule has 2 aromatic carbocycles. The summed E-state index contributed by atoms with van der Waals surface area (Å²) in [6, 6.07) is 8.29. The summed E-state index contributed by atoms with van der Waals surface area (Å²) in [6.45, 7) is 4.67. The van der Waals surface area contributed by atoms with Crippen LogP contribution in [-0.2, 0) is 20.1 Å². The molecule has 0 aliphatic carbocycles. The monoisotopic (exact) mass is 504 g/mol. The van der Waals surface area contributed by atoms with Crippen LogP contribution in [0.2, 0.25) is 5.02 Å². The summed E-state index contributed by atoms with van der Waals surface area (Å²) >= 11 is 6.00. The number of nitrogens with one attached hydrogen (secondary N) is 1. The quantitative estimate of drug-likeness (QED) is 0.251. The minimum atomic E-state index is -4.38. The number of hydrogen-bond acceptors (Lipinski definition) is 8. The largest absolute Gasteiger partial charge is 0.478 e. The second-order valence-corrected chi connectivity index (χ2v) is 10.7. The van der Waals surface area contributed by atoms with Gasteiger partial charge in [-0.05, 0) is 42.8 Å². The van der Waals surface area contributed by atoms with Crippen LogP contribution >= 0.6 is 11.6 Å². The standard InChI is InChI=1S/C18H21ClN4O7S2/c1-12-4-5-13(19)10-16(12)21-23(20-2)17-7-6-14(11-15(17)18(24)25)32(29,30)22(3)8-9-31(26,27)28/h4-7,10-11,21H,2,8-9H2,1,3H3,(H,24,25)(H,26,27,28). The zero-order valence-corrected chi connectivity index (χ0v) is 19.4. The lowest BCUT2D eigenvalue weighted by atomic mass is 10.2. The first-order valence-electron chi connectivity index (χ1n) is 8.84. The Morgan fingerprint density at radius 3 is 2.41 bits per heavy atom. The minimum Gasteiger partial charge on any atom is -0.478 e. The molecule has 0 spiro atoms. The number of nitrogens with zero attached hydrogens (tertiary/aromatic N) is 3. The Labute approximate surface area is 190 Å². The van der Waals surface area contributed by atoms with E-state index in [4.69, 9.17) is 16.2 Å². The second-order valence-electron chi connectivity index (χ2n) is 6.62. The number of anilines is 2. The molecule has 2 aromatic rings. The number of carboxylic acids is 1. The molecular weight excluding hydrogens is 484 g/mol. The van der Waals surface area contributed by atoms with Gasteiger partial charge in [0.25, 0.3) is 10.1 Å². The van der Waals surface area contributed by atoms with Crippen molar-refractivity contribution in [1.29, 1.82) is 0 Å². The van der Waals surface area contributed by atoms with Crippen LogP contribution in [0, 0.1) is 6.92 Å². The van der Waals surface area contributed by atoms with Gasteiger partial charge in [-0.15, -0.1) is 0 Å². The number of aryl methyl sites for hydroxylation is 1. The van der Waals surface area contributed by atoms with Gasteiger partial charge in [-0.1, -0.05) is 17.7 Å². The molecule has 174 valence electrons. The smallest absolute Gasteiger partial charge is 0.338 e. The first-order valence-corrected chi connectivity index (χ1v) is 12.3. The van der Waals surface area contributed by atoms with E-state index >= 15 is 0 Å². The fourth-order valence-electron chi connectivity index (χ4n) is 2.58. The van der Waals surface area contributed by atoms with Crippen molar-refractivity contribution in [2.24, 2.45) is 5.10 Å². The maximum Gasteiger partial charge on any atom is 0.338 e. The average Bonchev–Trinajstić information content (AvgIpc) is 2.71. The van der Waals surface area contributed by atoms with E-state index in [-0.39, 0.29) is 10.6 Å². The molecule has 0 fully saturated rings. The summed E-state index contributed by atoms with van der Waals surface area (Å²) in [6.07, 6.45) is 0. The van der Waals surface area contributed by atoms with Gasteiger partial charge in [0.05, 0.1) is 27.6 Å². The maximum absolute atomic E-state index is 12.7. The number of hydrogen-bond donors (Lipinski definition) is 3. The van der Waals surface area contributed by atoms with Crippen LogP contribution in [0.5, 0.6) is 0 Å². The number of aromatic carboxylic acids is 1. The molecule has 0 saturated carbocycles. The topological polar surface area (TPSA) is 157 Å². The molecule has 0 amide bonds. The molecule has 0 aliphatic rings. The van der Waals surface area contributed by atoms with E-state index in [1.807, 2.05) is 0 Å². The van der Waals surface area contributed by atoms with Gasteiger partial charge < -0.3 is 5.11 Å². The van der Waals surface area contributed by atoms with Crippen molar-refractivity contribution in [1.82, 2.24) is 4.31 Å². The molecule has 3 N–H and O–H groups in total. The van der Waals surface area contributed by atoms with E-state index in [2.05, 4.69) is 17.2 Å². The fourth-order valence-corrected chi connectivity index (χ4v) is 4.57. The van der Waals surface area contributed by atoms with Crippen molar-refractivity contribution >= 4 is 55.8 Å². The number of carbonyl (C=O) groups is 1. The van der Waals surface area contributed by atoms with Crippen molar-refractivity contribution in [3.63, 3.8) is 0 Å². The lowest BCUT2D eigenvalue weighted by Crippen LogP contribution is -2.32. The highest BCUT2D eigenvalue weighted by molar-refractivity contribution is 7.89. The molecule has 0 radical (unpaired) electrons. The van der Waals surface area contributed by atoms with E-state index in [1.165, 1.54) is 6.07 Å². The van der Waals surface area contributed by atoms with Crippen LogP contribution in [0.3, 0.4) is 0 Å². The summed E-state index contributed by atoms with van der Waals surface area (Å²) in [4.78, 5) is 11.5. The number of benzene rings is 2. The molecule has 0 unspecified atom stereocenters. The predicted octanol–water partition coefficient (Wildman–Crippen LogP) is 2.30. The molecule has 14 heteroatoms. The van der Waals surface area contributed by atoms with E-state index in [1.54, 1.807) is 25.1 Å². The van der Waals surface area contributed by atoms with Gasteiger partial charge in [-0.25, -0.2) is 13.2 Å². The van der Waals surface area contributed by atoms with Crippen LogP contribution in [0.25, 0.3) is 0 Å². The highest BCUT2D eigenvalue weighted by Gasteiger charge is 2.26. The van der Waals surface area contributed by atoms with E-state index in [9.17, 15) is 26.7 Å². The van der Waals surface area contributed by atoms with Crippen LogP contribution in [0.15, 0.2) is 46.4 Å². The Morgan fingerprint density at radius 2 is 1.84 bits per heavy atom. The lowest BCUT2D eigenvalue weighted by Gasteiger charge is -2.24. The van der Waals surface area contributed by atoms with Crippen LogP contribution in [-0.4, -0.2) is 62.8 Å². The minimum absolute atomic E-state index is 0.00795. The molecule has 0 saturated heterocycles. The van der Waals surface area contributed by atoms with Gasteiger partial charge in [0.1, 0.15) is 0 Å². The van der Waals surface area contributed by atoms with Crippen molar-refractivity contribution in [2.75, 3.05) is 29.9 Å². The highest BCUT2D eigenvalue weighted by Crippen LogP contribution is 2.28. The van der Waals surface area contributed by atoms with Crippen LogP contribution in [0.1, 0.15) is 15.9 Å². The van der Waals surface area contributed by atoms with Gasteiger partial charge >= 0.3 is 5.97 Å². The number of hydrazone groups is 1. The van der Waals surface area contributed by atoms with Crippen molar-refractivity contribution in [3.05, 3.63) is 52.5 Å². The number of sulfonamides is 1. The lowest BCUT2D eigenvalue weighted by molar-refractivity contribution is 0.0697. The number of halogens is 1. The maximum atomic E-state index is 12.7.